The summed E-state index contributed by atoms with van der Waals surface area (Å²) in [4.78, 5) is 15.5. The minimum atomic E-state index is -0.563. The molecule has 0 spiro atoms. The molecular weight excluding hydrogens is 466 g/mol. The molecule has 0 aliphatic carbocycles. The van der Waals surface area contributed by atoms with Gasteiger partial charge in [-0.3, -0.25) is 4.90 Å². The fraction of sp³-hybridized carbons (Fsp3) is 0.533. The number of piperidine rings is 1. The Labute approximate surface area is 220 Å². The van der Waals surface area contributed by atoms with Crippen LogP contribution < -0.4 is 14.8 Å². The zero-order valence-electron chi connectivity index (χ0n) is 22.9. The van der Waals surface area contributed by atoms with Crippen LogP contribution in [0.5, 0.6) is 11.5 Å². The van der Waals surface area contributed by atoms with Gasteiger partial charge in [0.25, 0.3) is 0 Å². The Kier molecular flexibility index (Phi) is 7.99. The smallest absolute Gasteiger partial charge is 0.407 e. The first-order valence-electron chi connectivity index (χ1n) is 13.1. The quantitative estimate of drug-likeness (QED) is 0.516. The predicted molar refractivity (Wildman–Crippen MR) is 143 cm³/mol. The number of nitrogens with zero attached hydrogens (tertiary/aromatic N) is 2. The van der Waals surface area contributed by atoms with Gasteiger partial charge < -0.3 is 19.5 Å². The highest BCUT2D eigenvalue weighted by atomic mass is 16.6. The molecule has 0 aromatic heterocycles. The number of aryl methyl sites for hydroxylation is 2. The second kappa shape index (κ2) is 11.0. The van der Waals surface area contributed by atoms with Crippen LogP contribution in [0.25, 0.3) is 0 Å². The number of nitriles is 1. The van der Waals surface area contributed by atoms with Gasteiger partial charge in [0.05, 0.1) is 19.6 Å². The molecule has 37 heavy (non-hydrogen) atoms. The van der Waals surface area contributed by atoms with Crippen LogP contribution in [0.15, 0.2) is 30.3 Å². The van der Waals surface area contributed by atoms with Crippen LogP contribution in [0.1, 0.15) is 73.4 Å². The minimum absolute atomic E-state index is 0.0832. The zero-order chi connectivity index (χ0) is 26.7. The van der Waals surface area contributed by atoms with Crippen LogP contribution in [0, 0.1) is 25.2 Å². The molecule has 1 N–H and O–H groups in total. The minimum Gasteiger partial charge on any atom is -0.493 e. The summed E-state index contributed by atoms with van der Waals surface area (Å²) in [5, 5.41) is 12.1. The number of carbonyl (C=O) groups excluding carboxylic acids is 1. The summed E-state index contributed by atoms with van der Waals surface area (Å²) in [6, 6.07) is 12.9. The molecule has 1 amide bonds. The molecule has 0 unspecified atom stereocenters. The lowest BCUT2D eigenvalue weighted by Gasteiger charge is -2.48. The van der Waals surface area contributed by atoms with Gasteiger partial charge in [0.15, 0.2) is 11.5 Å². The molecule has 2 aliphatic rings. The number of ether oxygens (including phenoxy) is 3. The molecule has 0 radical (unpaired) electrons. The molecule has 7 heteroatoms. The number of nitrogens with one attached hydrogen (secondary N) is 1. The van der Waals surface area contributed by atoms with Crippen molar-refractivity contribution in [2.45, 2.75) is 77.5 Å². The van der Waals surface area contributed by atoms with Crippen molar-refractivity contribution >= 4 is 6.09 Å². The summed E-state index contributed by atoms with van der Waals surface area (Å²) in [6.45, 7) is 12.0. The van der Waals surface area contributed by atoms with Crippen molar-refractivity contribution in [3.63, 3.8) is 0 Å². The highest BCUT2D eigenvalue weighted by Crippen LogP contribution is 2.45. The number of alkyl carbamates (subject to hydrolysis) is 1. The molecule has 7 nitrogen and oxygen atoms in total. The molecule has 2 heterocycles. The third-order valence-corrected chi connectivity index (χ3v) is 7.30. The van der Waals surface area contributed by atoms with Crippen molar-refractivity contribution in [2.24, 2.45) is 0 Å². The summed E-state index contributed by atoms with van der Waals surface area (Å²) < 4.78 is 17.2. The number of methoxy groups -OCH3 is 1. The average Bonchev–Trinajstić information content (AvgIpc) is 2.83. The number of amides is 1. The van der Waals surface area contributed by atoms with Gasteiger partial charge in [-0.15, -0.1) is 0 Å². The summed E-state index contributed by atoms with van der Waals surface area (Å²) in [7, 11) is 1.64. The topological polar surface area (TPSA) is 83.8 Å². The molecule has 2 aromatic rings. The number of fused-ring (bicyclic) bond motifs is 3. The van der Waals surface area contributed by atoms with Crippen LogP contribution in [0.3, 0.4) is 0 Å². The maximum absolute atomic E-state index is 12.9. The van der Waals surface area contributed by atoms with Gasteiger partial charge >= 0.3 is 6.09 Å². The number of benzene rings is 2. The molecule has 0 saturated carbocycles. The maximum Gasteiger partial charge on any atom is 0.407 e. The first-order valence-corrected chi connectivity index (χ1v) is 13.1. The summed E-state index contributed by atoms with van der Waals surface area (Å²) >= 11 is 0. The van der Waals surface area contributed by atoms with Gasteiger partial charge in [-0.2, -0.15) is 5.26 Å². The van der Waals surface area contributed by atoms with Gasteiger partial charge in [0, 0.05) is 31.1 Å². The lowest BCUT2D eigenvalue weighted by molar-refractivity contribution is 0.0412. The standard InChI is InChI=1S/C30H39N3O4/c1-19-8-9-20(2)22(14-19)24-18-33-12-10-21-15-28(36-13-7-11-31)27(35-6)16-23(21)26(33)17-25(24)32-29(34)37-30(3,4)5/h8-9,14-16,24-26H,7,10,12-13,17-18H2,1-6H3,(H,32,34)/t24-,25+,26+/m0/s1. The third-order valence-electron chi connectivity index (χ3n) is 7.30. The average molecular weight is 506 g/mol. The van der Waals surface area contributed by atoms with E-state index in [0.717, 1.165) is 25.9 Å². The van der Waals surface area contributed by atoms with E-state index in [2.05, 4.69) is 60.5 Å². The lowest BCUT2D eigenvalue weighted by Crippen LogP contribution is -2.53. The highest BCUT2D eigenvalue weighted by molar-refractivity contribution is 5.68. The van der Waals surface area contributed by atoms with E-state index in [4.69, 9.17) is 19.5 Å². The molecule has 4 rings (SSSR count). The first-order chi connectivity index (χ1) is 17.6. The van der Waals surface area contributed by atoms with Crippen molar-refractivity contribution in [3.8, 4) is 17.6 Å². The summed E-state index contributed by atoms with van der Waals surface area (Å²) in [5.41, 5.74) is 5.62. The van der Waals surface area contributed by atoms with Crippen molar-refractivity contribution in [1.82, 2.24) is 10.2 Å². The Hall–Kier alpha value is -3.24. The predicted octanol–water partition coefficient (Wildman–Crippen LogP) is 5.58. The van der Waals surface area contributed by atoms with Crippen molar-refractivity contribution in [1.29, 1.82) is 5.26 Å². The molecule has 1 saturated heterocycles. The van der Waals surface area contributed by atoms with E-state index in [1.165, 1.54) is 27.8 Å². The Bertz CT molecular complexity index is 1180. The van der Waals surface area contributed by atoms with Crippen LogP contribution in [0.2, 0.25) is 0 Å². The zero-order valence-corrected chi connectivity index (χ0v) is 22.9. The molecule has 2 aromatic carbocycles. The van der Waals surface area contributed by atoms with Crippen LogP contribution in [0.4, 0.5) is 4.79 Å². The second-order valence-corrected chi connectivity index (χ2v) is 11.2. The van der Waals surface area contributed by atoms with E-state index in [9.17, 15) is 4.79 Å². The monoisotopic (exact) mass is 505 g/mol. The van der Waals surface area contributed by atoms with Crippen molar-refractivity contribution < 1.29 is 19.0 Å². The first kappa shape index (κ1) is 26.8. The highest BCUT2D eigenvalue weighted by Gasteiger charge is 2.41. The van der Waals surface area contributed by atoms with Gasteiger partial charge in [-0.05, 0) is 81.8 Å². The number of hydrogen-bond acceptors (Lipinski definition) is 6. The molecule has 0 bridgehead atoms. The largest absolute Gasteiger partial charge is 0.493 e. The van der Waals surface area contributed by atoms with E-state index in [1.54, 1.807) is 7.11 Å². The van der Waals surface area contributed by atoms with Gasteiger partial charge in [0.1, 0.15) is 12.2 Å². The maximum atomic E-state index is 12.9. The van der Waals surface area contributed by atoms with E-state index >= 15 is 0 Å². The normalized spacial score (nSPS) is 21.3. The molecular formula is C30H39N3O4. The van der Waals surface area contributed by atoms with E-state index in [-0.39, 0.29) is 24.1 Å². The SMILES string of the molecule is COc1cc2c(cc1OCCC#N)CCN1C[C@@H](c3cc(C)ccc3C)[C@H](NC(=O)OC(C)(C)C)C[C@H]21. The third kappa shape index (κ3) is 6.19. The van der Waals surface area contributed by atoms with E-state index in [0.29, 0.717) is 24.5 Å². The van der Waals surface area contributed by atoms with Crippen molar-refractivity contribution in [2.75, 3.05) is 26.8 Å². The molecule has 1 fully saturated rings. The van der Waals surface area contributed by atoms with Gasteiger partial charge in [-0.1, -0.05) is 23.8 Å². The Balaban J connectivity index is 1.67. The van der Waals surface area contributed by atoms with Crippen LogP contribution in [-0.4, -0.2) is 49.4 Å². The van der Waals surface area contributed by atoms with Crippen LogP contribution in [-0.2, 0) is 11.2 Å². The van der Waals surface area contributed by atoms with E-state index in [1.807, 2.05) is 20.8 Å². The van der Waals surface area contributed by atoms with Crippen molar-refractivity contribution in [3.05, 3.63) is 58.1 Å². The van der Waals surface area contributed by atoms with Gasteiger partial charge in [0.2, 0.25) is 0 Å². The fourth-order valence-corrected chi connectivity index (χ4v) is 5.61. The fourth-order valence-electron chi connectivity index (χ4n) is 5.61. The van der Waals surface area contributed by atoms with Crippen LogP contribution >= 0.6 is 0 Å². The number of rotatable bonds is 6. The number of carbonyl (C=O) groups is 1. The summed E-state index contributed by atoms with van der Waals surface area (Å²) in [6.07, 6.45) is 1.63. The van der Waals surface area contributed by atoms with Gasteiger partial charge in [-0.25, -0.2) is 4.79 Å². The lowest BCUT2D eigenvalue weighted by atomic mass is 9.76. The molecule has 3 atom stereocenters. The Morgan fingerprint density at radius 3 is 2.65 bits per heavy atom. The molecule has 198 valence electrons. The summed E-state index contributed by atoms with van der Waals surface area (Å²) in [5.74, 6) is 1.50. The van der Waals surface area contributed by atoms with E-state index < -0.39 is 5.60 Å². The Morgan fingerprint density at radius 2 is 1.95 bits per heavy atom. The second-order valence-electron chi connectivity index (χ2n) is 11.2. The Morgan fingerprint density at radius 1 is 1.16 bits per heavy atom. The molecule has 2 aliphatic heterocycles. The number of hydrogen-bond donors (Lipinski definition) is 1.